The summed E-state index contributed by atoms with van der Waals surface area (Å²) in [5.74, 6) is 0.894. The third-order valence-corrected chi connectivity index (χ3v) is 4.66. The second-order valence-electron chi connectivity index (χ2n) is 6.77. The number of H-pyrrole nitrogens is 1. The van der Waals surface area contributed by atoms with Gasteiger partial charge in [0.2, 0.25) is 0 Å². The summed E-state index contributed by atoms with van der Waals surface area (Å²) in [5, 5.41) is 7.50. The van der Waals surface area contributed by atoms with Crippen LogP contribution in [0, 0.1) is 0 Å². The average molecular weight is 377 g/mol. The zero-order chi connectivity index (χ0) is 19.9. The minimum absolute atomic E-state index is 0.0944. The Morgan fingerprint density at radius 1 is 1.00 bits per heavy atom. The molecule has 5 nitrogen and oxygen atoms in total. The van der Waals surface area contributed by atoms with E-state index in [1.807, 2.05) is 59.5 Å². The second-order valence-corrected chi connectivity index (χ2v) is 6.77. The molecule has 0 atom stereocenters. The molecule has 0 fully saturated rings. The third kappa shape index (κ3) is 4.42. The summed E-state index contributed by atoms with van der Waals surface area (Å²) in [5.41, 5.74) is 4.47. The Hall–Kier alpha value is -3.08. The third-order valence-electron chi connectivity index (χ3n) is 4.66. The van der Waals surface area contributed by atoms with Crippen molar-refractivity contribution in [3.8, 4) is 28.3 Å². The molecule has 3 aromatic rings. The Balaban J connectivity index is 1.78. The van der Waals surface area contributed by atoms with Crippen molar-refractivity contribution >= 4 is 5.91 Å². The standard InChI is InChI=1S/C23H27N3O2/c1-4-13-26(14-5-2)23(27)18-11-9-17(10-12-18)21-16-22(25-24-21)19-7-6-8-20(15-19)28-3/h6-12,15-16H,4-5,13-14H2,1-3H3,(H,24,25). The fourth-order valence-corrected chi connectivity index (χ4v) is 3.23. The van der Waals surface area contributed by atoms with E-state index in [2.05, 4.69) is 24.0 Å². The van der Waals surface area contributed by atoms with Gasteiger partial charge in [-0.1, -0.05) is 38.1 Å². The van der Waals surface area contributed by atoms with Crippen molar-refractivity contribution in [2.24, 2.45) is 0 Å². The van der Waals surface area contributed by atoms with Crippen LogP contribution in [0.3, 0.4) is 0 Å². The van der Waals surface area contributed by atoms with Crippen molar-refractivity contribution in [3.63, 3.8) is 0 Å². The molecule has 1 amide bonds. The maximum atomic E-state index is 12.7. The summed E-state index contributed by atoms with van der Waals surface area (Å²) in [7, 11) is 1.65. The molecule has 1 heterocycles. The van der Waals surface area contributed by atoms with Crippen LogP contribution in [0.2, 0.25) is 0 Å². The Morgan fingerprint density at radius 2 is 1.71 bits per heavy atom. The second kappa shape index (κ2) is 9.22. The van der Waals surface area contributed by atoms with Crippen molar-refractivity contribution in [2.45, 2.75) is 26.7 Å². The van der Waals surface area contributed by atoms with Gasteiger partial charge < -0.3 is 9.64 Å². The van der Waals surface area contributed by atoms with Crippen LogP contribution in [-0.2, 0) is 0 Å². The molecular weight excluding hydrogens is 350 g/mol. The average Bonchev–Trinajstić information content (AvgIpc) is 3.23. The lowest BCUT2D eigenvalue weighted by Crippen LogP contribution is -2.32. The number of benzene rings is 2. The van der Waals surface area contributed by atoms with Crippen molar-refractivity contribution in [1.29, 1.82) is 0 Å². The first-order chi connectivity index (χ1) is 13.7. The molecule has 0 bridgehead atoms. The van der Waals surface area contributed by atoms with E-state index in [0.717, 1.165) is 59.8 Å². The smallest absolute Gasteiger partial charge is 0.253 e. The molecule has 0 radical (unpaired) electrons. The molecule has 0 saturated heterocycles. The van der Waals surface area contributed by atoms with E-state index in [9.17, 15) is 4.79 Å². The maximum absolute atomic E-state index is 12.7. The van der Waals surface area contributed by atoms with Crippen molar-refractivity contribution in [2.75, 3.05) is 20.2 Å². The van der Waals surface area contributed by atoms with Gasteiger partial charge in [-0.05, 0) is 48.7 Å². The lowest BCUT2D eigenvalue weighted by atomic mass is 10.1. The summed E-state index contributed by atoms with van der Waals surface area (Å²) >= 11 is 0. The first-order valence-corrected chi connectivity index (χ1v) is 9.75. The molecule has 0 aliphatic heterocycles. The highest BCUT2D eigenvalue weighted by Crippen LogP contribution is 2.26. The molecule has 0 spiro atoms. The van der Waals surface area contributed by atoms with E-state index >= 15 is 0 Å². The Labute approximate surface area is 166 Å². The fourth-order valence-electron chi connectivity index (χ4n) is 3.23. The minimum Gasteiger partial charge on any atom is -0.497 e. The molecule has 1 aromatic heterocycles. The van der Waals surface area contributed by atoms with E-state index in [0.29, 0.717) is 0 Å². The van der Waals surface area contributed by atoms with Crippen molar-refractivity contribution in [3.05, 3.63) is 60.2 Å². The van der Waals surface area contributed by atoms with E-state index < -0.39 is 0 Å². The highest BCUT2D eigenvalue weighted by Gasteiger charge is 2.14. The van der Waals surface area contributed by atoms with E-state index in [1.54, 1.807) is 7.11 Å². The first-order valence-electron chi connectivity index (χ1n) is 9.75. The number of amides is 1. The van der Waals surface area contributed by atoms with Crippen LogP contribution in [0.15, 0.2) is 54.6 Å². The molecule has 5 heteroatoms. The Kier molecular flexibility index (Phi) is 6.48. The largest absolute Gasteiger partial charge is 0.497 e. The summed E-state index contributed by atoms with van der Waals surface area (Å²) in [6.45, 7) is 5.77. The molecule has 28 heavy (non-hydrogen) atoms. The summed E-state index contributed by atoms with van der Waals surface area (Å²) in [6.07, 6.45) is 1.93. The number of rotatable bonds is 8. The van der Waals surface area contributed by atoms with E-state index in [4.69, 9.17) is 4.74 Å². The predicted octanol–water partition coefficient (Wildman–Crippen LogP) is 5.01. The van der Waals surface area contributed by atoms with Crippen LogP contribution in [-0.4, -0.2) is 41.2 Å². The quantitative estimate of drug-likeness (QED) is 0.600. The van der Waals surface area contributed by atoms with Gasteiger partial charge >= 0.3 is 0 Å². The Morgan fingerprint density at radius 3 is 2.36 bits per heavy atom. The van der Waals surface area contributed by atoms with Gasteiger partial charge in [0, 0.05) is 24.2 Å². The SMILES string of the molecule is CCCN(CCC)C(=O)c1ccc(-c2cc(-c3cccc(OC)c3)n[nH]2)cc1. The molecule has 3 rings (SSSR count). The van der Waals surface area contributed by atoms with Gasteiger partial charge in [0.25, 0.3) is 5.91 Å². The number of carbonyl (C=O) groups excluding carboxylic acids is 1. The molecule has 2 aromatic carbocycles. The number of hydrogen-bond acceptors (Lipinski definition) is 3. The zero-order valence-corrected chi connectivity index (χ0v) is 16.7. The lowest BCUT2D eigenvalue weighted by molar-refractivity contribution is 0.0755. The Bertz CT molecular complexity index is 910. The van der Waals surface area contributed by atoms with Crippen molar-refractivity contribution < 1.29 is 9.53 Å². The van der Waals surface area contributed by atoms with Crippen LogP contribution >= 0.6 is 0 Å². The number of ether oxygens (including phenoxy) is 1. The maximum Gasteiger partial charge on any atom is 0.253 e. The molecule has 0 saturated carbocycles. The molecule has 0 aliphatic carbocycles. The van der Waals surface area contributed by atoms with Crippen LogP contribution < -0.4 is 4.74 Å². The number of aromatic nitrogens is 2. The minimum atomic E-state index is 0.0944. The highest BCUT2D eigenvalue weighted by molar-refractivity contribution is 5.94. The molecule has 1 N–H and O–H groups in total. The van der Waals surface area contributed by atoms with Gasteiger partial charge in [-0.3, -0.25) is 9.89 Å². The summed E-state index contributed by atoms with van der Waals surface area (Å²) < 4.78 is 5.28. The number of hydrogen-bond donors (Lipinski definition) is 1. The lowest BCUT2D eigenvalue weighted by Gasteiger charge is -2.21. The van der Waals surface area contributed by atoms with Gasteiger partial charge in [0.15, 0.2) is 0 Å². The first kappa shape index (κ1) is 19.7. The molecular formula is C23H27N3O2. The van der Waals surface area contributed by atoms with Gasteiger partial charge in [-0.2, -0.15) is 5.10 Å². The van der Waals surface area contributed by atoms with Gasteiger partial charge in [-0.15, -0.1) is 0 Å². The molecule has 0 unspecified atom stereocenters. The number of carbonyl (C=O) groups is 1. The fraction of sp³-hybridized carbons (Fsp3) is 0.304. The highest BCUT2D eigenvalue weighted by atomic mass is 16.5. The number of methoxy groups -OCH3 is 1. The van der Waals surface area contributed by atoms with Crippen LogP contribution in [0.25, 0.3) is 22.5 Å². The van der Waals surface area contributed by atoms with Crippen LogP contribution in [0.5, 0.6) is 5.75 Å². The zero-order valence-electron chi connectivity index (χ0n) is 16.7. The van der Waals surface area contributed by atoms with E-state index in [1.165, 1.54) is 0 Å². The van der Waals surface area contributed by atoms with Crippen LogP contribution in [0.1, 0.15) is 37.0 Å². The molecule has 0 aliphatic rings. The summed E-state index contributed by atoms with van der Waals surface area (Å²) in [6, 6.07) is 17.5. The normalized spacial score (nSPS) is 10.7. The molecule has 146 valence electrons. The van der Waals surface area contributed by atoms with Crippen LogP contribution in [0.4, 0.5) is 0 Å². The topological polar surface area (TPSA) is 58.2 Å². The monoisotopic (exact) mass is 377 g/mol. The summed E-state index contributed by atoms with van der Waals surface area (Å²) in [4.78, 5) is 14.6. The van der Waals surface area contributed by atoms with Gasteiger partial charge in [0.1, 0.15) is 5.75 Å². The number of nitrogens with zero attached hydrogens (tertiary/aromatic N) is 2. The van der Waals surface area contributed by atoms with Crippen molar-refractivity contribution in [1.82, 2.24) is 15.1 Å². The number of nitrogens with one attached hydrogen (secondary N) is 1. The van der Waals surface area contributed by atoms with Gasteiger partial charge in [0.05, 0.1) is 18.5 Å². The predicted molar refractivity (Wildman–Crippen MR) is 112 cm³/mol. The van der Waals surface area contributed by atoms with Gasteiger partial charge in [-0.25, -0.2) is 0 Å². The van der Waals surface area contributed by atoms with E-state index in [-0.39, 0.29) is 5.91 Å². The number of aromatic amines is 1.